The average molecular weight is 156 g/mol. The van der Waals surface area contributed by atoms with Gasteiger partial charge in [-0.3, -0.25) is 0 Å². The lowest BCUT2D eigenvalue weighted by molar-refractivity contribution is 0.132. The van der Waals surface area contributed by atoms with Crippen molar-refractivity contribution in [2.45, 2.75) is 19.4 Å². The monoisotopic (exact) mass is 156 g/mol. The number of aromatic nitrogens is 1. The van der Waals surface area contributed by atoms with Gasteiger partial charge in [-0.15, -0.1) is 0 Å². The molecule has 4 nitrogen and oxygen atoms in total. The van der Waals surface area contributed by atoms with Crippen molar-refractivity contribution < 1.29 is 9.63 Å². The predicted octanol–water partition coefficient (Wildman–Crippen LogP) is 0.365. The van der Waals surface area contributed by atoms with E-state index in [1.807, 2.05) is 6.92 Å². The first-order chi connectivity index (χ1) is 5.25. The summed E-state index contributed by atoms with van der Waals surface area (Å²) in [6.45, 7) is 2.28. The lowest BCUT2D eigenvalue weighted by Crippen LogP contribution is -2.06. The van der Waals surface area contributed by atoms with Crippen LogP contribution in [0.2, 0.25) is 0 Å². The van der Waals surface area contributed by atoms with Crippen LogP contribution >= 0.6 is 0 Å². The van der Waals surface area contributed by atoms with Crippen LogP contribution in [0.25, 0.3) is 0 Å². The summed E-state index contributed by atoms with van der Waals surface area (Å²) >= 11 is 0. The second-order valence-electron chi connectivity index (χ2n) is 2.47. The fourth-order valence-electron chi connectivity index (χ4n) is 0.910. The number of aliphatic hydroxyl groups excluding tert-OH is 1. The van der Waals surface area contributed by atoms with Crippen molar-refractivity contribution in [2.75, 3.05) is 6.54 Å². The molecule has 0 aliphatic heterocycles. The lowest BCUT2D eigenvalue weighted by atomic mass is 10.1. The van der Waals surface area contributed by atoms with Crippen molar-refractivity contribution in [3.8, 4) is 0 Å². The van der Waals surface area contributed by atoms with E-state index < -0.39 is 6.10 Å². The van der Waals surface area contributed by atoms with E-state index in [1.165, 1.54) is 0 Å². The molecular weight excluding hydrogens is 144 g/mol. The molecule has 1 aromatic heterocycles. The van der Waals surface area contributed by atoms with Crippen molar-refractivity contribution >= 4 is 0 Å². The maximum atomic E-state index is 9.38. The fraction of sp³-hybridized carbons (Fsp3) is 0.571. The molecule has 1 rings (SSSR count). The standard InChI is InChI=1S/C7H12N2O2/c1-5-4-9-11-7(5)6(10)2-3-8/h4,6,10H,2-3,8H2,1H3. The maximum Gasteiger partial charge on any atom is 0.168 e. The smallest absolute Gasteiger partial charge is 0.168 e. The number of nitrogens with zero attached hydrogens (tertiary/aromatic N) is 1. The summed E-state index contributed by atoms with van der Waals surface area (Å²) in [7, 11) is 0. The van der Waals surface area contributed by atoms with E-state index >= 15 is 0 Å². The number of nitrogens with two attached hydrogens (primary N) is 1. The van der Waals surface area contributed by atoms with E-state index in [2.05, 4.69) is 5.16 Å². The molecule has 0 saturated heterocycles. The molecule has 4 heteroatoms. The Kier molecular flexibility index (Phi) is 2.62. The van der Waals surface area contributed by atoms with Gasteiger partial charge in [0.05, 0.1) is 6.20 Å². The lowest BCUT2D eigenvalue weighted by Gasteiger charge is -2.04. The van der Waals surface area contributed by atoms with E-state index in [0.717, 1.165) is 5.56 Å². The Hall–Kier alpha value is -0.870. The summed E-state index contributed by atoms with van der Waals surface area (Å²) in [5.74, 6) is 0.524. The molecule has 0 amide bonds. The van der Waals surface area contributed by atoms with Crippen LogP contribution in [0.5, 0.6) is 0 Å². The minimum absolute atomic E-state index is 0.446. The minimum atomic E-state index is -0.609. The van der Waals surface area contributed by atoms with E-state index in [9.17, 15) is 5.11 Å². The van der Waals surface area contributed by atoms with Crippen LogP contribution in [0.15, 0.2) is 10.7 Å². The van der Waals surface area contributed by atoms with Gasteiger partial charge in [0.15, 0.2) is 5.76 Å². The van der Waals surface area contributed by atoms with Gasteiger partial charge >= 0.3 is 0 Å². The normalized spacial score (nSPS) is 13.4. The van der Waals surface area contributed by atoms with Crippen LogP contribution in [0, 0.1) is 6.92 Å². The zero-order chi connectivity index (χ0) is 8.27. The van der Waals surface area contributed by atoms with E-state index in [-0.39, 0.29) is 0 Å². The zero-order valence-electron chi connectivity index (χ0n) is 6.45. The third kappa shape index (κ3) is 1.78. The molecule has 11 heavy (non-hydrogen) atoms. The van der Waals surface area contributed by atoms with Gasteiger partial charge in [-0.1, -0.05) is 5.16 Å². The van der Waals surface area contributed by atoms with Crippen LogP contribution < -0.4 is 5.73 Å². The third-order valence-corrected chi connectivity index (χ3v) is 1.53. The van der Waals surface area contributed by atoms with Gasteiger partial charge in [0, 0.05) is 5.56 Å². The summed E-state index contributed by atoms with van der Waals surface area (Å²) in [5, 5.41) is 12.9. The number of hydrogen-bond acceptors (Lipinski definition) is 4. The molecule has 0 spiro atoms. The molecule has 0 saturated carbocycles. The molecule has 1 unspecified atom stereocenters. The Bertz CT molecular complexity index is 222. The minimum Gasteiger partial charge on any atom is -0.385 e. The highest BCUT2D eigenvalue weighted by Gasteiger charge is 2.13. The Balaban J connectivity index is 2.67. The topological polar surface area (TPSA) is 72.3 Å². The van der Waals surface area contributed by atoms with E-state index in [1.54, 1.807) is 6.20 Å². The first kappa shape index (κ1) is 8.23. The predicted molar refractivity (Wildman–Crippen MR) is 39.9 cm³/mol. The molecule has 1 atom stereocenters. The van der Waals surface area contributed by atoms with Crippen molar-refractivity contribution in [3.05, 3.63) is 17.5 Å². The van der Waals surface area contributed by atoms with E-state index in [0.29, 0.717) is 18.7 Å². The Labute approximate surface area is 65.0 Å². The fourth-order valence-corrected chi connectivity index (χ4v) is 0.910. The summed E-state index contributed by atoms with van der Waals surface area (Å²) in [6.07, 6.45) is 1.48. The summed E-state index contributed by atoms with van der Waals surface area (Å²) < 4.78 is 4.82. The summed E-state index contributed by atoms with van der Waals surface area (Å²) in [5.41, 5.74) is 6.13. The van der Waals surface area contributed by atoms with Crippen molar-refractivity contribution in [2.24, 2.45) is 5.73 Å². The third-order valence-electron chi connectivity index (χ3n) is 1.53. The molecule has 0 radical (unpaired) electrons. The summed E-state index contributed by atoms with van der Waals surface area (Å²) in [4.78, 5) is 0. The largest absolute Gasteiger partial charge is 0.385 e. The van der Waals surface area contributed by atoms with Crippen LogP contribution in [-0.4, -0.2) is 16.8 Å². The van der Waals surface area contributed by atoms with Crippen molar-refractivity contribution in [3.63, 3.8) is 0 Å². The van der Waals surface area contributed by atoms with Gasteiger partial charge < -0.3 is 15.4 Å². The van der Waals surface area contributed by atoms with Crippen LogP contribution in [0.4, 0.5) is 0 Å². The Morgan fingerprint density at radius 3 is 3.00 bits per heavy atom. The molecular formula is C7H12N2O2. The molecule has 0 fully saturated rings. The molecule has 3 N–H and O–H groups in total. The summed E-state index contributed by atoms with van der Waals surface area (Å²) in [6, 6.07) is 0. The molecule has 0 aromatic carbocycles. The van der Waals surface area contributed by atoms with Gasteiger partial charge in [0.1, 0.15) is 6.10 Å². The molecule has 0 aliphatic carbocycles. The van der Waals surface area contributed by atoms with Gasteiger partial charge in [-0.05, 0) is 19.9 Å². The highest BCUT2D eigenvalue weighted by Crippen LogP contribution is 2.18. The van der Waals surface area contributed by atoms with Gasteiger partial charge in [0.2, 0.25) is 0 Å². The molecule has 62 valence electrons. The van der Waals surface area contributed by atoms with Crippen LogP contribution in [0.3, 0.4) is 0 Å². The maximum absolute atomic E-state index is 9.38. The highest BCUT2D eigenvalue weighted by molar-refractivity contribution is 5.12. The van der Waals surface area contributed by atoms with Gasteiger partial charge in [-0.2, -0.15) is 0 Å². The molecule has 0 bridgehead atoms. The molecule has 1 heterocycles. The number of aryl methyl sites for hydroxylation is 1. The second kappa shape index (κ2) is 3.50. The van der Waals surface area contributed by atoms with Crippen molar-refractivity contribution in [1.82, 2.24) is 5.16 Å². The zero-order valence-corrected chi connectivity index (χ0v) is 6.45. The Morgan fingerprint density at radius 1 is 1.82 bits per heavy atom. The number of rotatable bonds is 3. The quantitative estimate of drug-likeness (QED) is 0.663. The highest BCUT2D eigenvalue weighted by atomic mass is 16.5. The second-order valence-corrected chi connectivity index (χ2v) is 2.47. The van der Waals surface area contributed by atoms with Gasteiger partial charge in [0.25, 0.3) is 0 Å². The van der Waals surface area contributed by atoms with Gasteiger partial charge in [-0.25, -0.2) is 0 Å². The molecule has 0 aliphatic rings. The SMILES string of the molecule is Cc1cnoc1C(O)CCN. The first-order valence-electron chi connectivity index (χ1n) is 3.55. The molecule has 1 aromatic rings. The Morgan fingerprint density at radius 2 is 2.55 bits per heavy atom. The first-order valence-corrected chi connectivity index (χ1v) is 3.55. The van der Waals surface area contributed by atoms with Crippen molar-refractivity contribution in [1.29, 1.82) is 0 Å². The van der Waals surface area contributed by atoms with Crippen LogP contribution in [0.1, 0.15) is 23.8 Å². The number of aliphatic hydroxyl groups is 1. The van der Waals surface area contributed by atoms with E-state index in [4.69, 9.17) is 10.3 Å². The number of hydrogen-bond donors (Lipinski definition) is 2. The average Bonchev–Trinajstić information content (AvgIpc) is 2.36. The van der Waals surface area contributed by atoms with Crippen LogP contribution in [-0.2, 0) is 0 Å².